The van der Waals surface area contributed by atoms with E-state index in [0.717, 1.165) is 50.1 Å². The Kier molecular flexibility index (Phi) is 7.75. The predicted octanol–water partition coefficient (Wildman–Crippen LogP) is 14.8. The Labute approximate surface area is 332 Å². The Morgan fingerprint density at radius 1 is 0.316 bits per heavy atom. The summed E-state index contributed by atoms with van der Waals surface area (Å²) in [6, 6.07) is 81.2. The van der Waals surface area contributed by atoms with E-state index in [-0.39, 0.29) is 0 Å². The normalized spacial score (nSPS) is 12.7. The van der Waals surface area contributed by atoms with Gasteiger partial charge in [-0.15, -0.1) is 0 Å². The van der Waals surface area contributed by atoms with Gasteiger partial charge in [-0.2, -0.15) is 0 Å². The Morgan fingerprint density at radius 2 is 0.789 bits per heavy atom. The molecule has 0 N–H and O–H groups in total. The lowest BCUT2D eigenvalue weighted by molar-refractivity contribution is 0.669. The molecule has 0 radical (unpaired) electrons. The Morgan fingerprint density at radius 3 is 1.46 bits per heavy atom. The van der Waals surface area contributed by atoms with Gasteiger partial charge in [0.05, 0.1) is 5.41 Å². The van der Waals surface area contributed by atoms with Gasteiger partial charge in [-0.25, -0.2) is 0 Å². The summed E-state index contributed by atoms with van der Waals surface area (Å²) in [6.45, 7) is 0. The van der Waals surface area contributed by atoms with Crippen LogP contribution < -0.4 is 4.90 Å². The van der Waals surface area contributed by atoms with Crippen LogP contribution in [-0.2, 0) is 5.41 Å². The predicted molar refractivity (Wildman–Crippen MR) is 237 cm³/mol. The van der Waals surface area contributed by atoms with E-state index >= 15 is 0 Å². The highest BCUT2D eigenvalue weighted by Crippen LogP contribution is 2.56. The van der Waals surface area contributed by atoms with E-state index in [1.54, 1.807) is 0 Å². The van der Waals surface area contributed by atoms with E-state index < -0.39 is 5.41 Å². The zero-order valence-corrected chi connectivity index (χ0v) is 31.2. The van der Waals surface area contributed by atoms with Crippen molar-refractivity contribution in [2.45, 2.75) is 5.41 Å². The molecule has 1 aliphatic carbocycles. The monoisotopic (exact) mass is 727 g/mol. The molecule has 0 saturated heterocycles. The van der Waals surface area contributed by atoms with Crippen molar-refractivity contribution in [3.63, 3.8) is 0 Å². The van der Waals surface area contributed by atoms with Crippen LogP contribution in [-0.4, -0.2) is 0 Å². The lowest BCUT2D eigenvalue weighted by Crippen LogP contribution is -2.28. The van der Waals surface area contributed by atoms with Gasteiger partial charge in [0.2, 0.25) is 0 Å². The summed E-state index contributed by atoms with van der Waals surface area (Å²) in [7, 11) is 0. The number of fused-ring (bicyclic) bond motifs is 6. The summed E-state index contributed by atoms with van der Waals surface area (Å²) in [6.07, 6.45) is 0. The fraction of sp³-hybridized carbons (Fsp3) is 0.0182. The summed E-state index contributed by atoms with van der Waals surface area (Å²) < 4.78 is 6.10. The van der Waals surface area contributed by atoms with Crippen molar-refractivity contribution >= 4 is 39.0 Å². The van der Waals surface area contributed by atoms with Gasteiger partial charge >= 0.3 is 0 Å². The largest absolute Gasteiger partial charge is 0.456 e. The lowest BCUT2D eigenvalue weighted by Gasteiger charge is -2.33. The number of para-hydroxylation sites is 2. The maximum Gasteiger partial charge on any atom is 0.135 e. The van der Waals surface area contributed by atoms with Gasteiger partial charge in [0.1, 0.15) is 11.2 Å². The highest BCUT2D eigenvalue weighted by molar-refractivity contribution is 6.06. The maximum absolute atomic E-state index is 6.10. The minimum atomic E-state index is -0.400. The van der Waals surface area contributed by atoms with Crippen LogP contribution in [0.25, 0.3) is 55.3 Å². The van der Waals surface area contributed by atoms with Crippen LogP contribution in [0.2, 0.25) is 0 Å². The second kappa shape index (κ2) is 13.4. The van der Waals surface area contributed by atoms with Crippen LogP contribution in [0.1, 0.15) is 22.3 Å². The van der Waals surface area contributed by atoms with Crippen molar-refractivity contribution in [1.29, 1.82) is 0 Å². The molecule has 0 spiro atoms. The van der Waals surface area contributed by atoms with Crippen LogP contribution >= 0.6 is 0 Å². The van der Waals surface area contributed by atoms with Crippen molar-refractivity contribution in [3.8, 4) is 33.4 Å². The van der Waals surface area contributed by atoms with Crippen molar-refractivity contribution < 1.29 is 4.42 Å². The molecule has 0 amide bonds. The first-order valence-corrected chi connectivity index (χ1v) is 19.6. The van der Waals surface area contributed by atoms with Gasteiger partial charge in [-0.3, -0.25) is 0 Å². The molecule has 1 aliphatic rings. The van der Waals surface area contributed by atoms with E-state index in [1.165, 1.54) is 44.5 Å². The van der Waals surface area contributed by atoms with Gasteiger partial charge in [-0.05, 0) is 116 Å². The third-order valence-electron chi connectivity index (χ3n) is 11.8. The Bertz CT molecular complexity index is 3000. The molecule has 0 fully saturated rings. The number of hydrogen-bond acceptors (Lipinski definition) is 2. The van der Waals surface area contributed by atoms with Crippen molar-refractivity contribution in [3.05, 3.63) is 247 Å². The minimum absolute atomic E-state index is 0.400. The average molecular weight is 728 g/mol. The van der Waals surface area contributed by atoms with Gasteiger partial charge < -0.3 is 9.32 Å². The Balaban J connectivity index is 0.963. The van der Waals surface area contributed by atoms with E-state index in [4.69, 9.17) is 4.42 Å². The summed E-state index contributed by atoms with van der Waals surface area (Å²) >= 11 is 0. The highest BCUT2D eigenvalue weighted by Gasteiger charge is 2.45. The van der Waals surface area contributed by atoms with Gasteiger partial charge in [-0.1, -0.05) is 164 Å². The molecule has 0 unspecified atom stereocenters. The zero-order chi connectivity index (χ0) is 37.8. The molecule has 0 saturated carbocycles. The quantitative estimate of drug-likeness (QED) is 0.163. The second-order valence-corrected chi connectivity index (χ2v) is 14.9. The van der Waals surface area contributed by atoms with Crippen LogP contribution in [0.3, 0.4) is 0 Å². The fourth-order valence-corrected chi connectivity index (χ4v) is 9.16. The summed E-state index contributed by atoms with van der Waals surface area (Å²) in [4.78, 5) is 2.33. The molecule has 2 heteroatoms. The van der Waals surface area contributed by atoms with Crippen molar-refractivity contribution in [2.24, 2.45) is 0 Å². The van der Waals surface area contributed by atoms with Gasteiger partial charge in [0, 0.05) is 27.8 Å². The SMILES string of the molecule is c1ccc(N(c2ccc(-c3ccc4c(c3)-c3ccccc3C4(c3ccccc3)c3ccccc3)cc2)c2ccc(-c3ccc4oc5ccccc5c4c3)cc2)cc1. The summed E-state index contributed by atoms with van der Waals surface area (Å²) in [5, 5.41) is 2.28. The van der Waals surface area contributed by atoms with Crippen LogP contribution in [0.15, 0.2) is 229 Å². The molecular weight excluding hydrogens is 691 g/mol. The summed E-state index contributed by atoms with van der Waals surface area (Å²) in [5.74, 6) is 0. The summed E-state index contributed by atoms with van der Waals surface area (Å²) in [5.41, 5.74) is 17.2. The second-order valence-electron chi connectivity index (χ2n) is 14.9. The highest BCUT2D eigenvalue weighted by atomic mass is 16.3. The standard InChI is InChI=1S/C55H37NO/c1-4-14-42(15-5-1)55(43-16-6-2-7-17-43)51-22-12-10-20-47(51)49-36-40(28-34-52(49)55)38-24-30-45(31-25-38)56(44-18-8-3-9-19-44)46-32-26-39(27-33-46)41-29-35-54-50(37-41)48-21-11-13-23-53(48)57-54/h1-37H. The molecule has 10 aromatic rings. The fourth-order valence-electron chi connectivity index (χ4n) is 9.16. The molecule has 0 atom stereocenters. The maximum atomic E-state index is 6.10. The van der Waals surface area contributed by atoms with Crippen molar-refractivity contribution in [1.82, 2.24) is 0 Å². The first kappa shape index (κ1) is 33.0. The van der Waals surface area contributed by atoms with Gasteiger partial charge in [0.25, 0.3) is 0 Å². The molecule has 11 rings (SSSR count). The molecule has 1 heterocycles. The number of anilines is 3. The first-order chi connectivity index (χ1) is 28.3. The average Bonchev–Trinajstić information content (AvgIpc) is 3.81. The van der Waals surface area contributed by atoms with Crippen LogP contribution in [0, 0.1) is 0 Å². The Hall–Kier alpha value is -7.42. The molecule has 9 aromatic carbocycles. The topological polar surface area (TPSA) is 16.4 Å². The molecule has 0 aliphatic heterocycles. The number of benzene rings is 9. The number of rotatable bonds is 7. The smallest absolute Gasteiger partial charge is 0.135 e. The first-order valence-electron chi connectivity index (χ1n) is 19.6. The lowest BCUT2D eigenvalue weighted by atomic mass is 9.67. The van der Waals surface area contributed by atoms with Crippen molar-refractivity contribution in [2.75, 3.05) is 4.90 Å². The van der Waals surface area contributed by atoms with E-state index in [1.807, 2.05) is 12.1 Å². The molecule has 57 heavy (non-hydrogen) atoms. The number of nitrogens with zero attached hydrogens (tertiary/aromatic N) is 1. The third kappa shape index (κ3) is 5.33. The van der Waals surface area contributed by atoms with E-state index in [2.05, 4.69) is 217 Å². The molecule has 0 bridgehead atoms. The molecular formula is C55H37NO. The van der Waals surface area contributed by atoms with Gasteiger partial charge in [0.15, 0.2) is 0 Å². The molecule has 2 nitrogen and oxygen atoms in total. The molecule has 268 valence electrons. The minimum Gasteiger partial charge on any atom is -0.456 e. The number of furan rings is 1. The third-order valence-corrected chi connectivity index (χ3v) is 11.8. The van der Waals surface area contributed by atoms with E-state index in [9.17, 15) is 0 Å². The van der Waals surface area contributed by atoms with Crippen LogP contribution in [0.5, 0.6) is 0 Å². The molecule has 1 aromatic heterocycles. The zero-order valence-electron chi connectivity index (χ0n) is 31.2. The van der Waals surface area contributed by atoms with Crippen LogP contribution in [0.4, 0.5) is 17.1 Å². The van der Waals surface area contributed by atoms with E-state index in [0.29, 0.717) is 0 Å². The number of hydrogen-bond donors (Lipinski definition) is 0.